The highest BCUT2D eigenvalue weighted by atomic mass is 19.1. The van der Waals surface area contributed by atoms with Crippen LogP contribution < -0.4 is 0 Å². The molecule has 6 heteroatoms. The lowest BCUT2D eigenvalue weighted by Crippen LogP contribution is -2.54. The maximum atomic E-state index is 13.4. The van der Waals surface area contributed by atoms with Crippen LogP contribution in [0.2, 0.25) is 0 Å². The first kappa shape index (κ1) is 17.5. The molecule has 0 bridgehead atoms. The van der Waals surface area contributed by atoms with Crippen LogP contribution in [0.4, 0.5) is 4.39 Å². The van der Waals surface area contributed by atoms with Crippen LogP contribution in [0, 0.1) is 11.7 Å². The van der Waals surface area contributed by atoms with Gasteiger partial charge in [-0.25, -0.2) is 4.39 Å². The summed E-state index contributed by atoms with van der Waals surface area (Å²) in [7, 11) is 2.06. The normalized spacial score (nSPS) is 28.7. The number of fused-ring (bicyclic) bond motifs is 1. The zero-order chi connectivity index (χ0) is 18.4. The Kier molecular flexibility index (Phi) is 4.47. The second kappa shape index (κ2) is 6.65. The number of hydrogen-bond donors (Lipinski definition) is 0. The van der Waals surface area contributed by atoms with Gasteiger partial charge in [0.15, 0.2) is 0 Å². The van der Waals surface area contributed by atoms with Gasteiger partial charge in [-0.05, 0) is 56.6 Å². The van der Waals surface area contributed by atoms with Crippen LogP contribution in [0.25, 0.3) is 0 Å². The van der Waals surface area contributed by atoms with Gasteiger partial charge in [-0.3, -0.25) is 9.59 Å². The molecule has 3 atom stereocenters. The summed E-state index contributed by atoms with van der Waals surface area (Å²) in [6.07, 6.45) is 1.61. The minimum absolute atomic E-state index is 0.0729. The molecule has 1 unspecified atom stereocenters. The molecule has 0 radical (unpaired) electrons. The monoisotopic (exact) mass is 359 g/mol. The predicted octanol–water partition coefficient (Wildman–Crippen LogP) is 1.48. The Balaban J connectivity index is 1.34. The second-order valence-electron chi connectivity index (χ2n) is 7.87. The summed E-state index contributed by atoms with van der Waals surface area (Å²) < 4.78 is 13.4. The van der Waals surface area contributed by atoms with Gasteiger partial charge < -0.3 is 14.7 Å². The molecule has 1 aromatic carbocycles. The van der Waals surface area contributed by atoms with Crippen molar-refractivity contribution >= 4 is 11.8 Å². The number of nitrogens with zero attached hydrogens (tertiary/aromatic N) is 3. The van der Waals surface area contributed by atoms with Crippen LogP contribution in [0.15, 0.2) is 18.2 Å². The fourth-order valence-corrected chi connectivity index (χ4v) is 4.52. The number of rotatable bonds is 2. The van der Waals surface area contributed by atoms with Crippen molar-refractivity contribution < 1.29 is 14.0 Å². The largest absolute Gasteiger partial charge is 0.339 e. The average Bonchev–Trinajstić information content (AvgIpc) is 2.96. The van der Waals surface area contributed by atoms with E-state index in [-0.39, 0.29) is 35.5 Å². The second-order valence-corrected chi connectivity index (χ2v) is 7.87. The lowest BCUT2D eigenvalue weighted by molar-refractivity contribution is -0.143. The molecular weight excluding hydrogens is 333 g/mol. The summed E-state index contributed by atoms with van der Waals surface area (Å²) in [6, 6.07) is 4.98. The molecule has 140 valence electrons. The van der Waals surface area contributed by atoms with E-state index in [9.17, 15) is 14.0 Å². The van der Waals surface area contributed by atoms with Gasteiger partial charge in [0.25, 0.3) is 0 Å². The van der Waals surface area contributed by atoms with Crippen molar-refractivity contribution in [3.8, 4) is 0 Å². The molecule has 0 saturated carbocycles. The summed E-state index contributed by atoms with van der Waals surface area (Å²) in [5.74, 6) is -0.128. The molecule has 2 aliphatic heterocycles. The summed E-state index contributed by atoms with van der Waals surface area (Å²) in [4.78, 5) is 31.6. The molecule has 4 rings (SSSR count). The Labute approximate surface area is 153 Å². The number of piperazine rings is 1. The van der Waals surface area contributed by atoms with E-state index in [2.05, 4.69) is 18.9 Å². The number of hydrogen-bond acceptors (Lipinski definition) is 3. The first-order valence-corrected chi connectivity index (χ1v) is 9.52. The van der Waals surface area contributed by atoms with Crippen molar-refractivity contribution in [1.29, 1.82) is 0 Å². The Morgan fingerprint density at radius 2 is 1.69 bits per heavy atom. The third-order valence-electron chi connectivity index (χ3n) is 6.50. The summed E-state index contributed by atoms with van der Waals surface area (Å²) in [5.41, 5.74) is 1.90. The summed E-state index contributed by atoms with van der Waals surface area (Å²) in [5, 5.41) is 0. The number of halogens is 1. The molecule has 0 N–H and O–H groups in total. The van der Waals surface area contributed by atoms with Crippen LogP contribution in [-0.4, -0.2) is 72.3 Å². The standard InChI is InChI=1S/C20H26FN3O2/c1-13-16(5-6-22(13)2)19(25)23-7-9-24(10-8-23)20(26)18-11-14-3-4-15(21)12-17(14)18/h3-4,12-13,16,18H,5-11H2,1-2H3/t13-,16-,18?/m1/s1. The van der Waals surface area contributed by atoms with Crippen molar-refractivity contribution in [3.63, 3.8) is 0 Å². The maximum Gasteiger partial charge on any atom is 0.230 e. The van der Waals surface area contributed by atoms with Crippen LogP contribution in [-0.2, 0) is 16.0 Å². The van der Waals surface area contributed by atoms with Crippen LogP contribution in [0.1, 0.15) is 30.4 Å². The lowest BCUT2D eigenvalue weighted by Gasteiger charge is -2.40. The zero-order valence-electron chi connectivity index (χ0n) is 15.4. The highest BCUT2D eigenvalue weighted by molar-refractivity contribution is 5.87. The predicted molar refractivity (Wildman–Crippen MR) is 96.2 cm³/mol. The number of carbonyl (C=O) groups excluding carboxylic acids is 2. The Morgan fingerprint density at radius 1 is 1.04 bits per heavy atom. The van der Waals surface area contributed by atoms with Gasteiger partial charge in [-0.15, -0.1) is 0 Å². The van der Waals surface area contributed by atoms with E-state index in [1.165, 1.54) is 12.1 Å². The Bertz CT molecular complexity index is 730. The van der Waals surface area contributed by atoms with Crippen LogP contribution in [0.5, 0.6) is 0 Å². The third-order valence-corrected chi connectivity index (χ3v) is 6.50. The fourth-order valence-electron chi connectivity index (χ4n) is 4.52. The molecule has 5 nitrogen and oxygen atoms in total. The number of benzene rings is 1. The van der Waals surface area contributed by atoms with E-state index < -0.39 is 0 Å². The fraction of sp³-hybridized carbons (Fsp3) is 0.600. The molecule has 2 fully saturated rings. The number of carbonyl (C=O) groups is 2. The SMILES string of the molecule is C[C@@H]1[C@H](C(=O)N2CCN(C(=O)C3Cc4ccc(F)cc43)CC2)CCN1C. The van der Waals surface area contributed by atoms with E-state index in [1.807, 2.05) is 9.80 Å². The average molecular weight is 359 g/mol. The van der Waals surface area contributed by atoms with E-state index >= 15 is 0 Å². The minimum Gasteiger partial charge on any atom is -0.339 e. The van der Waals surface area contributed by atoms with Gasteiger partial charge in [-0.2, -0.15) is 0 Å². The quantitative estimate of drug-likeness (QED) is 0.803. The summed E-state index contributed by atoms with van der Waals surface area (Å²) in [6.45, 7) is 5.42. The highest BCUT2D eigenvalue weighted by Crippen LogP contribution is 2.37. The van der Waals surface area contributed by atoms with Crippen molar-refractivity contribution in [2.45, 2.75) is 31.7 Å². The molecule has 3 aliphatic rings. The van der Waals surface area contributed by atoms with Gasteiger partial charge >= 0.3 is 0 Å². The molecule has 0 aromatic heterocycles. The molecule has 26 heavy (non-hydrogen) atoms. The van der Waals surface area contributed by atoms with Crippen LogP contribution in [0.3, 0.4) is 0 Å². The maximum absolute atomic E-state index is 13.4. The molecule has 1 aromatic rings. The third kappa shape index (κ3) is 2.90. The van der Waals surface area contributed by atoms with E-state index in [0.29, 0.717) is 32.6 Å². The van der Waals surface area contributed by atoms with Crippen molar-refractivity contribution in [2.75, 3.05) is 39.8 Å². The molecule has 0 spiro atoms. The Morgan fingerprint density at radius 3 is 2.31 bits per heavy atom. The lowest BCUT2D eigenvalue weighted by atomic mass is 9.76. The first-order chi connectivity index (χ1) is 12.5. The topological polar surface area (TPSA) is 43.9 Å². The van der Waals surface area contributed by atoms with Gasteiger partial charge in [-0.1, -0.05) is 6.07 Å². The zero-order valence-corrected chi connectivity index (χ0v) is 15.4. The highest BCUT2D eigenvalue weighted by Gasteiger charge is 2.39. The molecule has 1 aliphatic carbocycles. The van der Waals surface area contributed by atoms with Crippen molar-refractivity contribution in [2.24, 2.45) is 5.92 Å². The number of likely N-dealkylation sites (tertiary alicyclic amines) is 1. The van der Waals surface area contributed by atoms with Crippen molar-refractivity contribution in [3.05, 3.63) is 35.1 Å². The number of amides is 2. The summed E-state index contributed by atoms with van der Waals surface area (Å²) >= 11 is 0. The van der Waals surface area contributed by atoms with Crippen molar-refractivity contribution in [1.82, 2.24) is 14.7 Å². The van der Waals surface area contributed by atoms with Crippen LogP contribution >= 0.6 is 0 Å². The van der Waals surface area contributed by atoms with E-state index in [4.69, 9.17) is 0 Å². The smallest absolute Gasteiger partial charge is 0.230 e. The molecular formula is C20H26FN3O2. The van der Waals surface area contributed by atoms with Gasteiger partial charge in [0.05, 0.1) is 11.8 Å². The Hall–Kier alpha value is -1.95. The first-order valence-electron chi connectivity index (χ1n) is 9.52. The molecule has 2 saturated heterocycles. The van der Waals surface area contributed by atoms with E-state index in [0.717, 1.165) is 24.1 Å². The van der Waals surface area contributed by atoms with E-state index in [1.54, 1.807) is 6.07 Å². The molecule has 2 heterocycles. The molecule has 2 amide bonds. The van der Waals surface area contributed by atoms with Gasteiger partial charge in [0, 0.05) is 32.2 Å². The van der Waals surface area contributed by atoms with Gasteiger partial charge in [0.2, 0.25) is 11.8 Å². The van der Waals surface area contributed by atoms with Gasteiger partial charge in [0.1, 0.15) is 5.82 Å². The minimum atomic E-state index is -0.285.